The molecule has 8 nitrogen and oxygen atoms in total. The van der Waals surface area contributed by atoms with Crippen LogP contribution in [0.25, 0.3) is 22.7 Å². The lowest BCUT2D eigenvalue weighted by Gasteiger charge is -2.08. The van der Waals surface area contributed by atoms with E-state index in [9.17, 15) is 4.79 Å². The van der Waals surface area contributed by atoms with Crippen LogP contribution in [-0.4, -0.2) is 30.1 Å². The largest absolute Gasteiger partial charge is 0.364 e. The van der Waals surface area contributed by atoms with Crippen molar-refractivity contribution >= 4 is 46.1 Å². The molecule has 0 radical (unpaired) electrons. The molecule has 0 aliphatic carbocycles. The quantitative estimate of drug-likeness (QED) is 0.369. The molecule has 0 unspecified atom stereocenters. The number of primary amides is 1. The Morgan fingerprint density at radius 1 is 1.00 bits per heavy atom. The average molecular weight is 478 g/mol. The number of aromatic nitrogens is 5. The Kier molecular flexibility index (Phi) is 5.24. The zero-order valence-electron chi connectivity index (χ0n) is 17.3. The zero-order valence-corrected chi connectivity index (χ0v) is 18.8. The van der Waals surface area contributed by atoms with Crippen LogP contribution < -0.4 is 11.1 Å². The summed E-state index contributed by atoms with van der Waals surface area (Å²) < 4.78 is 3.47. The number of carbonyl (C=O) groups is 1. The molecule has 0 saturated heterocycles. The van der Waals surface area contributed by atoms with Crippen LogP contribution >= 0.6 is 23.2 Å². The SMILES string of the molecule is Cc1cccc2ncc(-c3ccc(Nc4cn(-c5c(Cl)cccc5Cl)nc4C(N)=O)cn3)n12. The lowest BCUT2D eigenvalue weighted by molar-refractivity contribution is 0.0996. The monoisotopic (exact) mass is 477 g/mol. The van der Waals surface area contributed by atoms with Crippen molar-refractivity contribution in [1.29, 1.82) is 0 Å². The van der Waals surface area contributed by atoms with Gasteiger partial charge in [0.1, 0.15) is 11.3 Å². The standard InChI is InChI=1S/C23H17Cl2N7O/c1-13-4-2-7-20-28-11-19(32(13)20)17-9-8-14(10-27-17)29-18-12-31(30-21(18)23(26)33)22-15(24)5-3-6-16(22)25/h2-12,29H,1H3,(H2,26,33). The number of nitrogens with one attached hydrogen (secondary N) is 1. The first-order valence-corrected chi connectivity index (χ1v) is 10.7. The molecule has 33 heavy (non-hydrogen) atoms. The van der Waals surface area contributed by atoms with E-state index in [1.807, 2.05) is 41.7 Å². The van der Waals surface area contributed by atoms with Crippen LogP contribution in [-0.2, 0) is 0 Å². The summed E-state index contributed by atoms with van der Waals surface area (Å²) in [6, 6.07) is 14.8. The summed E-state index contributed by atoms with van der Waals surface area (Å²) in [4.78, 5) is 21.0. The summed E-state index contributed by atoms with van der Waals surface area (Å²) >= 11 is 12.6. The van der Waals surface area contributed by atoms with Gasteiger partial charge in [0.2, 0.25) is 0 Å². The highest BCUT2D eigenvalue weighted by atomic mass is 35.5. The lowest BCUT2D eigenvalue weighted by atomic mass is 10.2. The number of amides is 1. The van der Waals surface area contributed by atoms with Gasteiger partial charge < -0.3 is 11.1 Å². The summed E-state index contributed by atoms with van der Waals surface area (Å²) in [6.07, 6.45) is 5.06. The number of aryl methyl sites for hydroxylation is 1. The Balaban J connectivity index is 1.48. The molecule has 0 aliphatic heterocycles. The minimum atomic E-state index is -0.690. The number of imidazole rings is 1. The third-order valence-electron chi connectivity index (χ3n) is 5.14. The molecule has 0 spiro atoms. The van der Waals surface area contributed by atoms with E-state index in [-0.39, 0.29) is 5.69 Å². The van der Waals surface area contributed by atoms with E-state index >= 15 is 0 Å². The summed E-state index contributed by atoms with van der Waals surface area (Å²) in [5.41, 5.74) is 10.6. The number of nitrogens with two attached hydrogens (primary N) is 1. The minimum absolute atomic E-state index is 0.0486. The summed E-state index contributed by atoms with van der Waals surface area (Å²) in [5, 5.41) is 8.21. The van der Waals surface area contributed by atoms with Crippen molar-refractivity contribution in [3.8, 4) is 17.1 Å². The predicted molar refractivity (Wildman–Crippen MR) is 129 cm³/mol. The van der Waals surface area contributed by atoms with Gasteiger partial charge in [0.15, 0.2) is 5.69 Å². The molecular formula is C23H17Cl2N7O. The van der Waals surface area contributed by atoms with Crippen molar-refractivity contribution in [3.63, 3.8) is 0 Å². The second-order valence-corrected chi connectivity index (χ2v) is 8.15. The van der Waals surface area contributed by atoms with Crippen LogP contribution in [0.15, 0.2) is 67.1 Å². The van der Waals surface area contributed by atoms with Gasteiger partial charge in [-0.2, -0.15) is 5.10 Å². The molecule has 1 amide bonds. The van der Waals surface area contributed by atoms with Crippen molar-refractivity contribution in [2.75, 3.05) is 5.32 Å². The molecule has 5 rings (SSSR count). The van der Waals surface area contributed by atoms with Gasteiger partial charge in [-0.25, -0.2) is 9.67 Å². The first-order valence-electron chi connectivity index (χ1n) is 9.93. The highest BCUT2D eigenvalue weighted by Gasteiger charge is 2.18. The second kappa shape index (κ2) is 8.23. The minimum Gasteiger partial charge on any atom is -0.364 e. The molecule has 10 heteroatoms. The predicted octanol–water partition coefficient (Wildman–Crippen LogP) is 5.04. The van der Waals surface area contributed by atoms with Crippen molar-refractivity contribution < 1.29 is 4.79 Å². The van der Waals surface area contributed by atoms with Crippen molar-refractivity contribution in [2.24, 2.45) is 5.73 Å². The number of para-hydroxylation sites is 1. The lowest BCUT2D eigenvalue weighted by Crippen LogP contribution is -2.14. The summed E-state index contributed by atoms with van der Waals surface area (Å²) in [5.74, 6) is -0.690. The number of carbonyl (C=O) groups excluding carboxylic acids is 1. The van der Waals surface area contributed by atoms with Crippen LogP contribution in [0.3, 0.4) is 0 Å². The third-order valence-corrected chi connectivity index (χ3v) is 5.75. The average Bonchev–Trinajstić information content (AvgIpc) is 3.40. The van der Waals surface area contributed by atoms with Crippen LogP contribution in [0.5, 0.6) is 0 Å². The molecule has 5 aromatic rings. The van der Waals surface area contributed by atoms with Crippen LogP contribution in [0.1, 0.15) is 16.2 Å². The van der Waals surface area contributed by atoms with Gasteiger partial charge in [-0.1, -0.05) is 35.3 Å². The van der Waals surface area contributed by atoms with Gasteiger partial charge in [-0.15, -0.1) is 0 Å². The maximum absolute atomic E-state index is 12.0. The molecule has 0 aliphatic rings. The number of benzene rings is 1. The number of halogens is 2. The topological polar surface area (TPSA) is 103 Å². The van der Waals surface area contributed by atoms with Crippen molar-refractivity contribution in [3.05, 3.63) is 88.6 Å². The Bertz CT molecular complexity index is 1490. The molecule has 4 aromatic heterocycles. The van der Waals surface area contributed by atoms with E-state index in [0.29, 0.717) is 27.1 Å². The highest BCUT2D eigenvalue weighted by molar-refractivity contribution is 6.37. The molecular weight excluding hydrogens is 461 g/mol. The molecule has 164 valence electrons. The van der Waals surface area contributed by atoms with Gasteiger partial charge in [0, 0.05) is 5.69 Å². The number of pyridine rings is 2. The number of rotatable bonds is 5. The number of hydrogen-bond donors (Lipinski definition) is 2. The van der Waals surface area contributed by atoms with Crippen LogP contribution in [0, 0.1) is 6.92 Å². The Labute approximate surface area is 198 Å². The van der Waals surface area contributed by atoms with E-state index < -0.39 is 5.91 Å². The number of anilines is 2. The number of hydrogen-bond acceptors (Lipinski definition) is 5. The van der Waals surface area contributed by atoms with E-state index in [2.05, 4.69) is 20.4 Å². The maximum atomic E-state index is 12.0. The zero-order chi connectivity index (χ0) is 23.1. The van der Waals surface area contributed by atoms with Crippen LogP contribution in [0.4, 0.5) is 11.4 Å². The van der Waals surface area contributed by atoms with Crippen LogP contribution in [0.2, 0.25) is 10.0 Å². The van der Waals surface area contributed by atoms with Gasteiger partial charge >= 0.3 is 0 Å². The molecule has 1 aromatic carbocycles. The Hall–Kier alpha value is -3.88. The fraction of sp³-hybridized carbons (Fsp3) is 0.0435. The van der Waals surface area contributed by atoms with Crippen molar-refractivity contribution in [1.82, 2.24) is 24.1 Å². The first-order chi connectivity index (χ1) is 15.9. The summed E-state index contributed by atoms with van der Waals surface area (Å²) in [7, 11) is 0. The normalized spacial score (nSPS) is 11.1. The molecule has 0 saturated carbocycles. The summed E-state index contributed by atoms with van der Waals surface area (Å²) in [6.45, 7) is 2.02. The van der Waals surface area contributed by atoms with E-state index in [1.165, 1.54) is 4.68 Å². The van der Waals surface area contributed by atoms with Crippen molar-refractivity contribution in [2.45, 2.75) is 6.92 Å². The fourth-order valence-corrected chi connectivity index (χ4v) is 4.20. The Morgan fingerprint density at radius 2 is 1.76 bits per heavy atom. The molecule has 0 fully saturated rings. The molecule has 3 N–H and O–H groups in total. The van der Waals surface area contributed by atoms with Gasteiger partial charge in [0.25, 0.3) is 5.91 Å². The van der Waals surface area contributed by atoms with Gasteiger partial charge in [-0.3, -0.25) is 14.2 Å². The molecule has 4 heterocycles. The third kappa shape index (κ3) is 3.79. The molecule has 0 bridgehead atoms. The molecule has 0 atom stereocenters. The van der Waals surface area contributed by atoms with E-state index in [4.69, 9.17) is 28.9 Å². The second-order valence-electron chi connectivity index (χ2n) is 7.33. The smallest absolute Gasteiger partial charge is 0.271 e. The highest BCUT2D eigenvalue weighted by Crippen LogP contribution is 2.30. The van der Waals surface area contributed by atoms with Gasteiger partial charge in [0.05, 0.1) is 51.4 Å². The maximum Gasteiger partial charge on any atom is 0.271 e. The van der Waals surface area contributed by atoms with E-state index in [1.54, 1.807) is 36.8 Å². The van der Waals surface area contributed by atoms with E-state index in [0.717, 1.165) is 22.7 Å². The van der Waals surface area contributed by atoms with Gasteiger partial charge in [-0.05, 0) is 43.3 Å². The Morgan fingerprint density at radius 3 is 2.45 bits per heavy atom. The first kappa shape index (κ1) is 21.0. The number of nitrogens with zero attached hydrogens (tertiary/aromatic N) is 5. The fourth-order valence-electron chi connectivity index (χ4n) is 3.63. The number of fused-ring (bicyclic) bond motifs is 1.